The summed E-state index contributed by atoms with van der Waals surface area (Å²) in [7, 11) is 0. The molecule has 0 unspecified atom stereocenters. The Labute approximate surface area is 153 Å². The number of esters is 1. The minimum atomic E-state index is -0.396. The number of carbonyl (C=O) groups is 2. The zero-order valence-corrected chi connectivity index (χ0v) is 16.2. The van der Waals surface area contributed by atoms with Crippen LogP contribution in [0.1, 0.15) is 34.8 Å². The SMILES string of the molecule is Cc1nc(NC(=O)Cc2ccc(Br)cc2)sc1C(=O)OCC(C)C. The Morgan fingerprint density at radius 3 is 2.58 bits per heavy atom. The maximum atomic E-state index is 12.1. The molecular formula is C17H19BrN2O3S. The van der Waals surface area contributed by atoms with Crippen molar-refractivity contribution < 1.29 is 14.3 Å². The van der Waals surface area contributed by atoms with Crippen LogP contribution in [0.3, 0.4) is 0 Å². The lowest BCUT2D eigenvalue weighted by atomic mass is 10.1. The summed E-state index contributed by atoms with van der Waals surface area (Å²) in [5.41, 5.74) is 1.47. The standard InChI is InChI=1S/C17H19BrN2O3S/c1-10(2)9-23-16(22)15-11(3)19-17(24-15)20-14(21)8-12-4-6-13(18)7-5-12/h4-7,10H,8-9H2,1-3H3,(H,19,20,21). The van der Waals surface area contributed by atoms with Crippen LogP contribution in [-0.2, 0) is 16.0 Å². The highest BCUT2D eigenvalue weighted by Gasteiger charge is 2.18. The summed E-state index contributed by atoms with van der Waals surface area (Å²) in [5, 5.41) is 3.14. The summed E-state index contributed by atoms with van der Waals surface area (Å²) in [6.45, 7) is 6.04. The molecule has 0 atom stereocenters. The normalized spacial score (nSPS) is 10.7. The quantitative estimate of drug-likeness (QED) is 0.724. The summed E-state index contributed by atoms with van der Waals surface area (Å²) < 4.78 is 6.17. The molecule has 1 heterocycles. The average Bonchev–Trinajstić information content (AvgIpc) is 2.87. The first-order valence-corrected chi connectivity index (χ1v) is 9.15. The summed E-state index contributed by atoms with van der Waals surface area (Å²) in [6.07, 6.45) is 0.249. The molecule has 0 aliphatic heterocycles. The molecule has 0 fully saturated rings. The molecule has 24 heavy (non-hydrogen) atoms. The van der Waals surface area contributed by atoms with Crippen molar-refractivity contribution in [1.29, 1.82) is 0 Å². The van der Waals surface area contributed by atoms with Crippen molar-refractivity contribution in [2.24, 2.45) is 5.92 Å². The second-order valence-electron chi connectivity index (χ2n) is 5.78. The van der Waals surface area contributed by atoms with Gasteiger partial charge in [0.1, 0.15) is 4.88 Å². The van der Waals surface area contributed by atoms with Crippen molar-refractivity contribution in [2.75, 3.05) is 11.9 Å². The van der Waals surface area contributed by atoms with Crippen molar-refractivity contribution in [3.8, 4) is 0 Å². The molecule has 2 aromatic rings. The average molecular weight is 411 g/mol. The zero-order valence-electron chi connectivity index (χ0n) is 13.8. The van der Waals surface area contributed by atoms with Crippen LogP contribution in [0.15, 0.2) is 28.7 Å². The van der Waals surface area contributed by atoms with Gasteiger partial charge in [0.05, 0.1) is 18.7 Å². The van der Waals surface area contributed by atoms with Crippen LogP contribution in [0.4, 0.5) is 5.13 Å². The molecule has 1 N–H and O–H groups in total. The molecule has 2 rings (SSSR count). The number of hydrogen-bond acceptors (Lipinski definition) is 5. The Hall–Kier alpha value is -1.73. The number of halogens is 1. The number of thiazole rings is 1. The van der Waals surface area contributed by atoms with E-state index in [0.29, 0.717) is 22.3 Å². The van der Waals surface area contributed by atoms with Gasteiger partial charge in [-0.15, -0.1) is 0 Å². The summed E-state index contributed by atoms with van der Waals surface area (Å²) in [6, 6.07) is 7.54. The Bertz CT molecular complexity index is 726. The van der Waals surface area contributed by atoms with E-state index in [-0.39, 0.29) is 18.2 Å². The molecule has 5 nitrogen and oxygen atoms in total. The number of aryl methyl sites for hydroxylation is 1. The monoisotopic (exact) mass is 410 g/mol. The van der Waals surface area contributed by atoms with Crippen LogP contribution in [0.5, 0.6) is 0 Å². The van der Waals surface area contributed by atoms with Gasteiger partial charge in [-0.2, -0.15) is 0 Å². The number of benzene rings is 1. The molecule has 0 bridgehead atoms. The van der Waals surface area contributed by atoms with Crippen LogP contribution >= 0.6 is 27.3 Å². The Balaban J connectivity index is 1.97. The molecule has 128 valence electrons. The van der Waals surface area contributed by atoms with Gasteiger partial charge < -0.3 is 10.1 Å². The minimum Gasteiger partial charge on any atom is -0.461 e. The number of aromatic nitrogens is 1. The molecule has 0 aliphatic rings. The van der Waals surface area contributed by atoms with Crippen LogP contribution in [0.25, 0.3) is 0 Å². The van der Waals surface area contributed by atoms with Crippen molar-refractivity contribution in [3.63, 3.8) is 0 Å². The van der Waals surface area contributed by atoms with Gasteiger partial charge >= 0.3 is 5.97 Å². The van der Waals surface area contributed by atoms with Gasteiger partial charge in [0.2, 0.25) is 5.91 Å². The molecule has 0 spiro atoms. The molecule has 7 heteroatoms. The molecule has 0 aliphatic carbocycles. The van der Waals surface area contributed by atoms with Crippen molar-refractivity contribution in [3.05, 3.63) is 44.9 Å². The highest BCUT2D eigenvalue weighted by Crippen LogP contribution is 2.24. The van der Waals surface area contributed by atoms with E-state index in [9.17, 15) is 9.59 Å². The third-order valence-electron chi connectivity index (χ3n) is 3.05. The molecule has 0 saturated heterocycles. The predicted octanol–water partition coefficient (Wildman–Crippen LogP) is 4.21. The van der Waals surface area contributed by atoms with Crippen LogP contribution in [0.2, 0.25) is 0 Å². The fourth-order valence-corrected chi connectivity index (χ4v) is 3.04. The van der Waals surface area contributed by atoms with Gasteiger partial charge in [0, 0.05) is 4.47 Å². The van der Waals surface area contributed by atoms with E-state index in [0.717, 1.165) is 21.4 Å². The predicted molar refractivity (Wildman–Crippen MR) is 98.4 cm³/mol. The maximum Gasteiger partial charge on any atom is 0.350 e. The van der Waals surface area contributed by atoms with E-state index in [2.05, 4.69) is 26.2 Å². The van der Waals surface area contributed by atoms with E-state index in [4.69, 9.17) is 4.74 Å². The smallest absolute Gasteiger partial charge is 0.350 e. The number of anilines is 1. The van der Waals surface area contributed by atoms with Crippen LogP contribution in [0, 0.1) is 12.8 Å². The van der Waals surface area contributed by atoms with Gasteiger partial charge in [-0.3, -0.25) is 4.79 Å². The van der Waals surface area contributed by atoms with Crippen LogP contribution < -0.4 is 5.32 Å². The zero-order chi connectivity index (χ0) is 17.7. The number of rotatable bonds is 6. The van der Waals surface area contributed by atoms with Crippen molar-refractivity contribution >= 4 is 44.3 Å². The first kappa shape index (κ1) is 18.6. The second-order valence-corrected chi connectivity index (χ2v) is 7.69. The highest BCUT2D eigenvalue weighted by molar-refractivity contribution is 9.10. The highest BCUT2D eigenvalue weighted by atomic mass is 79.9. The van der Waals surface area contributed by atoms with Gasteiger partial charge in [-0.05, 0) is 30.5 Å². The molecule has 0 saturated carbocycles. The minimum absolute atomic E-state index is 0.173. The summed E-state index contributed by atoms with van der Waals surface area (Å²) in [5.74, 6) is -0.299. The number of amides is 1. The van der Waals surface area contributed by atoms with E-state index >= 15 is 0 Å². The Morgan fingerprint density at radius 2 is 1.96 bits per heavy atom. The fourth-order valence-electron chi connectivity index (χ4n) is 1.90. The third-order valence-corrected chi connectivity index (χ3v) is 4.64. The second kappa shape index (κ2) is 8.39. The lowest BCUT2D eigenvalue weighted by Crippen LogP contribution is -2.14. The first-order valence-electron chi connectivity index (χ1n) is 7.54. The number of carbonyl (C=O) groups excluding carboxylic acids is 2. The number of hydrogen-bond donors (Lipinski definition) is 1. The lowest BCUT2D eigenvalue weighted by molar-refractivity contribution is -0.115. The fraction of sp³-hybridized carbons (Fsp3) is 0.353. The summed E-state index contributed by atoms with van der Waals surface area (Å²) in [4.78, 5) is 28.8. The Kier molecular flexibility index (Phi) is 6.51. The number of nitrogens with one attached hydrogen (secondary N) is 1. The number of ether oxygens (including phenoxy) is 1. The van der Waals surface area contributed by atoms with E-state index in [1.165, 1.54) is 0 Å². The van der Waals surface area contributed by atoms with Gasteiger partial charge in [-0.25, -0.2) is 9.78 Å². The maximum absolute atomic E-state index is 12.1. The van der Waals surface area contributed by atoms with E-state index < -0.39 is 5.97 Å². The van der Waals surface area contributed by atoms with Crippen molar-refractivity contribution in [1.82, 2.24) is 4.98 Å². The largest absolute Gasteiger partial charge is 0.461 e. The summed E-state index contributed by atoms with van der Waals surface area (Å²) >= 11 is 4.49. The first-order chi connectivity index (χ1) is 11.3. The van der Waals surface area contributed by atoms with E-state index in [1.54, 1.807) is 6.92 Å². The molecule has 1 aromatic heterocycles. The number of nitrogens with zero attached hydrogens (tertiary/aromatic N) is 1. The molecule has 1 aromatic carbocycles. The van der Waals surface area contributed by atoms with E-state index in [1.807, 2.05) is 38.1 Å². The molecule has 0 radical (unpaired) electrons. The van der Waals surface area contributed by atoms with Crippen LogP contribution in [-0.4, -0.2) is 23.5 Å². The molecular weight excluding hydrogens is 392 g/mol. The van der Waals surface area contributed by atoms with Gasteiger partial charge in [0.25, 0.3) is 0 Å². The van der Waals surface area contributed by atoms with Gasteiger partial charge in [0.15, 0.2) is 5.13 Å². The third kappa shape index (κ3) is 5.42. The van der Waals surface area contributed by atoms with Crippen molar-refractivity contribution in [2.45, 2.75) is 27.2 Å². The topological polar surface area (TPSA) is 68.3 Å². The lowest BCUT2D eigenvalue weighted by Gasteiger charge is -2.05. The van der Waals surface area contributed by atoms with Gasteiger partial charge in [-0.1, -0.05) is 53.2 Å². The molecule has 1 amide bonds. The Morgan fingerprint density at radius 1 is 1.29 bits per heavy atom.